The Balaban J connectivity index is 1.87. The standard InChI is InChI=1S/C19H22N2O2/c1-3-15-10-7-11-17(14-15)21(2)19(23)18(22)20-13-12-16-8-5-4-6-9-16/h1,7-8,10-11,14H,4-6,9,12-13H2,2H3,(H,20,22). The highest BCUT2D eigenvalue weighted by Gasteiger charge is 2.19. The minimum absolute atomic E-state index is 0.495. The molecule has 0 unspecified atom stereocenters. The molecule has 0 radical (unpaired) electrons. The quantitative estimate of drug-likeness (QED) is 0.528. The summed E-state index contributed by atoms with van der Waals surface area (Å²) in [6.07, 6.45) is 13.1. The normalized spacial score (nSPS) is 13.7. The Bertz CT molecular complexity index is 656. The summed E-state index contributed by atoms with van der Waals surface area (Å²) in [5.41, 5.74) is 2.65. The fraction of sp³-hybridized carbons (Fsp3) is 0.368. The van der Waals surface area contributed by atoms with Gasteiger partial charge in [-0.15, -0.1) is 6.42 Å². The second kappa shape index (κ2) is 8.19. The van der Waals surface area contributed by atoms with Crippen LogP contribution in [-0.4, -0.2) is 25.4 Å². The molecule has 1 N–H and O–H groups in total. The number of rotatable bonds is 4. The predicted octanol–water partition coefficient (Wildman–Crippen LogP) is 2.64. The number of carbonyl (C=O) groups excluding carboxylic acids is 2. The number of benzene rings is 1. The maximum Gasteiger partial charge on any atom is 0.316 e. The molecule has 0 saturated heterocycles. The van der Waals surface area contributed by atoms with E-state index in [0.717, 1.165) is 19.3 Å². The Hall–Kier alpha value is -2.54. The molecule has 1 aromatic carbocycles. The first kappa shape index (κ1) is 16.8. The van der Waals surface area contributed by atoms with Gasteiger partial charge in [0.25, 0.3) is 0 Å². The van der Waals surface area contributed by atoms with E-state index in [1.807, 2.05) is 0 Å². The highest BCUT2D eigenvalue weighted by atomic mass is 16.2. The lowest BCUT2D eigenvalue weighted by Crippen LogP contribution is -2.41. The second-order valence-electron chi connectivity index (χ2n) is 5.67. The van der Waals surface area contributed by atoms with Crippen LogP contribution < -0.4 is 10.2 Å². The zero-order chi connectivity index (χ0) is 16.7. The molecule has 2 amide bonds. The van der Waals surface area contributed by atoms with Crippen molar-refractivity contribution in [1.29, 1.82) is 0 Å². The molecule has 1 aromatic rings. The fourth-order valence-corrected chi connectivity index (χ4v) is 2.62. The number of nitrogens with zero attached hydrogens (tertiary/aromatic N) is 1. The molecule has 120 valence electrons. The van der Waals surface area contributed by atoms with Crippen molar-refractivity contribution in [1.82, 2.24) is 5.32 Å². The molecular weight excluding hydrogens is 288 g/mol. The number of nitrogens with one attached hydrogen (secondary N) is 1. The molecule has 4 heteroatoms. The molecule has 0 aliphatic heterocycles. The third-order valence-corrected chi connectivity index (χ3v) is 4.02. The van der Waals surface area contributed by atoms with Gasteiger partial charge in [0.15, 0.2) is 0 Å². The average Bonchev–Trinajstić information content (AvgIpc) is 2.61. The zero-order valence-electron chi connectivity index (χ0n) is 13.5. The number of amides is 2. The van der Waals surface area contributed by atoms with E-state index < -0.39 is 11.8 Å². The summed E-state index contributed by atoms with van der Waals surface area (Å²) in [4.78, 5) is 25.5. The van der Waals surface area contributed by atoms with Crippen molar-refractivity contribution in [3.8, 4) is 12.3 Å². The van der Waals surface area contributed by atoms with Gasteiger partial charge in [0.05, 0.1) is 0 Å². The third-order valence-electron chi connectivity index (χ3n) is 4.02. The molecule has 23 heavy (non-hydrogen) atoms. The Labute approximate surface area is 137 Å². The van der Waals surface area contributed by atoms with Crippen LogP contribution in [0, 0.1) is 12.3 Å². The largest absolute Gasteiger partial charge is 0.347 e. The molecule has 0 heterocycles. The predicted molar refractivity (Wildman–Crippen MR) is 92.0 cm³/mol. The summed E-state index contributed by atoms with van der Waals surface area (Å²) in [7, 11) is 1.57. The average molecular weight is 310 g/mol. The lowest BCUT2D eigenvalue weighted by molar-refractivity contribution is -0.137. The van der Waals surface area contributed by atoms with E-state index in [-0.39, 0.29) is 0 Å². The molecule has 0 saturated carbocycles. The van der Waals surface area contributed by atoms with Crippen LogP contribution in [0.5, 0.6) is 0 Å². The molecule has 0 bridgehead atoms. The van der Waals surface area contributed by atoms with Gasteiger partial charge in [-0.25, -0.2) is 0 Å². The molecule has 0 fully saturated rings. The van der Waals surface area contributed by atoms with E-state index in [0.29, 0.717) is 17.8 Å². The Morgan fingerprint density at radius 2 is 2.17 bits per heavy atom. The summed E-state index contributed by atoms with van der Waals surface area (Å²) in [6, 6.07) is 7.00. The first-order valence-corrected chi connectivity index (χ1v) is 7.92. The summed E-state index contributed by atoms with van der Waals surface area (Å²) in [5.74, 6) is 1.34. The van der Waals surface area contributed by atoms with E-state index in [9.17, 15) is 9.59 Å². The van der Waals surface area contributed by atoms with Gasteiger partial charge in [0.2, 0.25) is 0 Å². The third kappa shape index (κ3) is 4.72. The number of terminal acetylenes is 1. The van der Waals surface area contributed by atoms with Gasteiger partial charge >= 0.3 is 11.8 Å². The monoisotopic (exact) mass is 310 g/mol. The first-order chi connectivity index (χ1) is 11.1. The van der Waals surface area contributed by atoms with Gasteiger partial charge in [-0.2, -0.15) is 0 Å². The van der Waals surface area contributed by atoms with Crippen molar-refractivity contribution < 1.29 is 9.59 Å². The van der Waals surface area contributed by atoms with Crippen LogP contribution >= 0.6 is 0 Å². The van der Waals surface area contributed by atoms with Crippen LogP contribution in [0.25, 0.3) is 0 Å². The Kier molecular flexibility index (Phi) is 5.99. The van der Waals surface area contributed by atoms with Crippen molar-refractivity contribution in [2.45, 2.75) is 32.1 Å². The van der Waals surface area contributed by atoms with Crippen LogP contribution in [0.3, 0.4) is 0 Å². The van der Waals surface area contributed by atoms with Crippen LogP contribution in [0.15, 0.2) is 35.9 Å². The minimum Gasteiger partial charge on any atom is -0.347 e. The number of carbonyl (C=O) groups is 2. The fourth-order valence-electron chi connectivity index (χ4n) is 2.62. The van der Waals surface area contributed by atoms with Gasteiger partial charge in [0.1, 0.15) is 0 Å². The van der Waals surface area contributed by atoms with Crippen molar-refractivity contribution in [2.75, 3.05) is 18.5 Å². The van der Waals surface area contributed by atoms with Crippen molar-refractivity contribution in [2.24, 2.45) is 0 Å². The van der Waals surface area contributed by atoms with Gasteiger partial charge in [0, 0.05) is 24.8 Å². The number of hydrogen-bond acceptors (Lipinski definition) is 2. The number of hydrogen-bond donors (Lipinski definition) is 1. The van der Waals surface area contributed by atoms with Crippen molar-refractivity contribution >= 4 is 17.5 Å². The SMILES string of the molecule is C#Cc1cccc(N(C)C(=O)C(=O)NCCC2=CCCCC2)c1. The van der Waals surface area contributed by atoms with Crippen LogP contribution in [0.4, 0.5) is 5.69 Å². The molecule has 1 aliphatic carbocycles. The van der Waals surface area contributed by atoms with Crippen molar-refractivity contribution in [3.63, 3.8) is 0 Å². The smallest absolute Gasteiger partial charge is 0.316 e. The maximum absolute atomic E-state index is 12.2. The zero-order valence-corrected chi connectivity index (χ0v) is 13.5. The highest BCUT2D eigenvalue weighted by Crippen LogP contribution is 2.19. The van der Waals surface area contributed by atoms with E-state index >= 15 is 0 Å². The summed E-state index contributed by atoms with van der Waals surface area (Å²) in [6.45, 7) is 0.495. The first-order valence-electron chi connectivity index (χ1n) is 7.92. The van der Waals surface area contributed by atoms with Crippen LogP contribution in [-0.2, 0) is 9.59 Å². The van der Waals surface area contributed by atoms with E-state index in [2.05, 4.69) is 17.3 Å². The van der Waals surface area contributed by atoms with Crippen LogP contribution in [0.1, 0.15) is 37.7 Å². The van der Waals surface area contributed by atoms with Gasteiger partial charge in [-0.1, -0.05) is 23.6 Å². The maximum atomic E-state index is 12.2. The topological polar surface area (TPSA) is 49.4 Å². The lowest BCUT2D eigenvalue weighted by Gasteiger charge is -2.17. The van der Waals surface area contributed by atoms with Gasteiger partial charge in [-0.05, 0) is 50.3 Å². The molecular formula is C19H22N2O2. The van der Waals surface area contributed by atoms with Gasteiger partial charge in [-0.3, -0.25) is 9.59 Å². The molecule has 1 aliphatic rings. The lowest BCUT2D eigenvalue weighted by atomic mass is 9.97. The number of likely N-dealkylation sites (N-methyl/N-ethyl adjacent to an activating group) is 1. The Morgan fingerprint density at radius 3 is 2.87 bits per heavy atom. The number of allylic oxidation sites excluding steroid dienone is 1. The molecule has 0 atom stereocenters. The second-order valence-corrected chi connectivity index (χ2v) is 5.67. The molecule has 0 aromatic heterocycles. The molecule has 4 nitrogen and oxygen atoms in total. The highest BCUT2D eigenvalue weighted by molar-refractivity contribution is 6.40. The van der Waals surface area contributed by atoms with E-state index in [1.54, 1.807) is 31.3 Å². The van der Waals surface area contributed by atoms with Gasteiger partial charge < -0.3 is 10.2 Å². The molecule has 0 spiro atoms. The van der Waals surface area contributed by atoms with E-state index in [1.165, 1.54) is 23.3 Å². The summed E-state index contributed by atoms with van der Waals surface area (Å²) < 4.78 is 0. The number of anilines is 1. The van der Waals surface area contributed by atoms with Crippen molar-refractivity contribution in [3.05, 3.63) is 41.5 Å². The molecule has 2 rings (SSSR count). The van der Waals surface area contributed by atoms with E-state index in [4.69, 9.17) is 6.42 Å². The summed E-state index contributed by atoms with van der Waals surface area (Å²) in [5, 5.41) is 2.70. The summed E-state index contributed by atoms with van der Waals surface area (Å²) >= 11 is 0. The Morgan fingerprint density at radius 1 is 1.35 bits per heavy atom. The van der Waals surface area contributed by atoms with Crippen LogP contribution in [0.2, 0.25) is 0 Å². The minimum atomic E-state index is -0.588.